The Balaban J connectivity index is 1.92. The van der Waals surface area contributed by atoms with Crippen molar-refractivity contribution in [1.82, 2.24) is 0 Å². The molecule has 0 spiro atoms. The molecule has 0 aromatic heterocycles. The van der Waals surface area contributed by atoms with Gasteiger partial charge in [-0.2, -0.15) is 13.2 Å². The average molecular weight is 473 g/mol. The number of benzene rings is 3. The Hall–Kier alpha value is -3.75. The lowest BCUT2D eigenvalue weighted by molar-refractivity contribution is -0.138. The molecule has 178 valence electrons. The molecule has 3 aromatic rings. The number of halogens is 3. The van der Waals surface area contributed by atoms with Crippen molar-refractivity contribution in [3.05, 3.63) is 64.7 Å². The highest BCUT2D eigenvalue weighted by atomic mass is 19.4. The van der Waals surface area contributed by atoms with Crippen molar-refractivity contribution in [2.24, 2.45) is 0 Å². The summed E-state index contributed by atoms with van der Waals surface area (Å²) >= 11 is 0. The van der Waals surface area contributed by atoms with E-state index in [-0.39, 0.29) is 30.0 Å². The zero-order chi connectivity index (χ0) is 24.6. The monoisotopic (exact) mass is 473 g/mol. The van der Waals surface area contributed by atoms with Crippen LogP contribution in [0.3, 0.4) is 0 Å². The van der Waals surface area contributed by atoms with Crippen LogP contribution in [0, 0.1) is 0 Å². The Kier molecular flexibility index (Phi) is 6.12. The highest BCUT2D eigenvalue weighted by Crippen LogP contribution is 2.48. The van der Waals surface area contributed by atoms with Gasteiger partial charge in [0.05, 0.1) is 43.0 Å². The molecule has 3 aromatic carbocycles. The van der Waals surface area contributed by atoms with Crippen LogP contribution in [0.2, 0.25) is 0 Å². The van der Waals surface area contributed by atoms with Gasteiger partial charge >= 0.3 is 12.1 Å². The van der Waals surface area contributed by atoms with E-state index in [9.17, 15) is 22.8 Å². The molecule has 1 aliphatic heterocycles. The largest absolute Gasteiger partial charge is 0.493 e. The van der Waals surface area contributed by atoms with Crippen LogP contribution >= 0.6 is 0 Å². The molecular weight excluding hydrogens is 451 g/mol. The molecule has 4 rings (SSSR count). The van der Waals surface area contributed by atoms with E-state index in [0.29, 0.717) is 34.4 Å². The summed E-state index contributed by atoms with van der Waals surface area (Å²) in [6.07, 6.45) is -5.36. The Morgan fingerprint density at radius 1 is 1.03 bits per heavy atom. The van der Waals surface area contributed by atoms with Gasteiger partial charge in [-0.3, -0.25) is 9.59 Å². The van der Waals surface area contributed by atoms with Gasteiger partial charge in [0.1, 0.15) is 11.5 Å². The maximum atomic E-state index is 14.0. The molecule has 0 fully saturated rings. The molecule has 1 aliphatic rings. The first-order valence-corrected chi connectivity index (χ1v) is 10.7. The van der Waals surface area contributed by atoms with Crippen molar-refractivity contribution < 1.29 is 37.3 Å². The molecular formula is C25H22F3NO5. The van der Waals surface area contributed by atoms with E-state index in [2.05, 4.69) is 0 Å². The zero-order valence-electron chi connectivity index (χ0n) is 18.5. The quantitative estimate of drug-likeness (QED) is 0.494. The van der Waals surface area contributed by atoms with Crippen molar-refractivity contribution in [2.45, 2.75) is 33.0 Å². The minimum atomic E-state index is -4.80. The Morgan fingerprint density at radius 3 is 2.24 bits per heavy atom. The van der Waals surface area contributed by atoms with Gasteiger partial charge in [0.2, 0.25) is 0 Å². The van der Waals surface area contributed by atoms with Crippen LogP contribution in [0.15, 0.2) is 42.5 Å². The van der Waals surface area contributed by atoms with Crippen LogP contribution in [-0.4, -0.2) is 30.2 Å². The topological polar surface area (TPSA) is 76.1 Å². The van der Waals surface area contributed by atoms with Crippen LogP contribution in [0.4, 0.5) is 18.9 Å². The Morgan fingerprint density at radius 2 is 1.65 bits per heavy atom. The second kappa shape index (κ2) is 8.89. The van der Waals surface area contributed by atoms with Gasteiger partial charge in [-0.25, -0.2) is 0 Å². The lowest BCUT2D eigenvalue weighted by atomic mass is 9.99. The lowest BCUT2D eigenvalue weighted by Crippen LogP contribution is -2.26. The molecule has 0 saturated carbocycles. The molecule has 0 bridgehead atoms. The fourth-order valence-corrected chi connectivity index (χ4v) is 4.30. The summed E-state index contributed by atoms with van der Waals surface area (Å²) in [5, 5.41) is 10.3. The first kappa shape index (κ1) is 23.4. The fourth-order valence-electron chi connectivity index (χ4n) is 4.30. The maximum Gasteiger partial charge on any atom is 0.418 e. The van der Waals surface area contributed by atoms with E-state index in [4.69, 9.17) is 14.6 Å². The van der Waals surface area contributed by atoms with Crippen molar-refractivity contribution in [1.29, 1.82) is 0 Å². The second-order valence-corrected chi connectivity index (χ2v) is 7.73. The number of hydrogen-bond acceptors (Lipinski definition) is 4. The number of carboxylic acids is 1. The highest BCUT2D eigenvalue weighted by molar-refractivity contribution is 6.17. The molecule has 1 amide bonds. The number of carboxylic acid groups (broad SMARTS) is 1. The van der Waals surface area contributed by atoms with Crippen LogP contribution < -0.4 is 14.4 Å². The van der Waals surface area contributed by atoms with E-state index in [0.717, 1.165) is 17.0 Å². The van der Waals surface area contributed by atoms with Gasteiger partial charge in [0.25, 0.3) is 5.91 Å². The van der Waals surface area contributed by atoms with Gasteiger partial charge in [-0.05, 0) is 31.5 Å². The first-order valence-electron chi connectivity index (χ1n) is 10.7. The second-order valence-electron chi connectivity index (χ2n) is 7.73. The van der Waals surface area contributed by atoms with E-state index in [1.165, 1.54) is 6.07 Å². The summed E-state index contributed by atoms with van der Waals surface area (Å²) in [6, 6.07) is 10.4. The maximum absolute atomic E-state index is 14.0. The molecule has 1 N–H and O–H groups in total. The van der Waals surface area contributed by atoms with Gasteiger partial charge in [-0.1, -0.05) is 30.3 Å². The van der Waals surface area contributed by atoms with Crippen LogP contribution in [0.25, 0.3) is 10.8 Å². The number of nitrogens with zero attached hydrogens (tertiary/aromatic N) is 1. The van der Waals surface area contributed by atoms with Crippen molar-refractivity contribution in [3.8, 4) is 11.5 Å². The molecule has 0 saturated heterocycles. The SMILES string of the molecule is CCOc1c2c(c(OCC)c3ccccc13)C(=O)N(c1ccc(CC(=O)O)cc1C(F)(F)F)C2. The first-order chi connectivity index (χ1) is 16.2. The van der Waals surface area contributed by atoms with Crippen LogP contribution in [-0.2, 0) is 23.9 Å². The number of aliphatic carboxylic acids is 1. The molecule has 1 heterocycles. The Labute approximate surface area is 193 Å². The molecule has 0 aliphatic carbocycles. The van der Waals surface area contributed by atoms with Crippen LogP contribution in [0.5, 0.6) is 11.5 Å². The third kappa shape index (κ3) is 4.02. The molecule has 0 radical (unpaired) electrons. The van der Waals surface area contributed by atoms with E-state index >= 15 is 0 Å². The summed E-state index contributed by atoms with van der Waals surface area (Å²) in [6.45, 7) is 3.97. The third-order valence-corrected chi connectivity index (χ3v) is 5.58. The highest BCUT2D eigenvalue weighted by Gasteiger charge is 2.41. The predicted molar refractivity (Wildman–Crippen MR) is 120 cm³/mol. The van der Waals surface area contributed by atoms with Crippen molar-refractivity contribution >= 4 is 28.3 Å². The standard InChI is InChI=1S/C25H22F3NO5/c1-3-33-22-15-7-5-6-8-16(15)23(34-4-2)21-17(22)13-29(24(21)32)19-10-9-14(12-20(30)31)11-18(19)25(26,27)28/h5-11H,3-4,12-13H2,1-2H3,(H,30,31). The van der Waals surface area contributed by atoms with Gasteiger partial charge in [-0.15, -0.1) is 0 Å². The fraction of sp³-hybridized carbons (Fsp3) is 0.280. The number of ether oxygens (including phenoxy) is 2. The van der Waals surface area contributed by atoms with Gasteiger partial charge < -0.3 is 19.5 Å². The average Bonchev–Trinajstić information content (AvgIpc) is 3.12. The predicted octanol–water partition coefficient (Wildman–Crippen LogP) is 5.44. The number of rotatable bonds is 7. The summed E-state index contributed by atoms with van der Waals surface area (Å²) in [5.74, 6) is -1.15. The van der Waals surface area contributed by atoms with E-state index < -0.39 is 30.0 Å². The molecule has 0 unspecified atom stereocenters. The number of carbonyl (C=O) groups is 2. The Bertz CT molecular complexity index is 1290. The number of fused-ring (bicyclic) bond motifs is 2. The zero-order valence-corrected chi connectivity index (χ0v) is 18.5. The minimum Gasteiger partial charge on any atom is -0.493 e. The summed E-state index contributed by atoms with van der Waals surface area (Å²) < 4.78 is 53.6. The van der Waals surface area contributed by atoms with E-state index in [1.807, 2.05) is 12.1 Å². The number of carbonyl (C=O) groups excluding carboxylic acids is 1. The molecule has 0 atom stereocenters. The number of alkyl halides is 3. The lowest BCUT2D eigenvalue weighted by Gasteiger charge is -2.22. The summed E-state index contributed by atoms with van der Waals surface area (Å²) in [7, 11) is 0. The number of anilines is 1. The third-order valence-electron chi connectivity index (χ3n) is 5.58. The molecule has 9 heteroatoms. The summed E-state index contributed by atoms with van der Waals surface area (Å²) in [4.78, 5) is 25.6. The summed E-state index contributed by atoms with van der Waals surface area (Å²) in [5.41, 5.74) is -0.809. The minimum absolute atomic E-state index is 0.0107. The van der Waals surface area contributed by atoms with Gasteiger partial charge in [0.15, 0.2) is 0 Å². The molecule has 6 nitrogen and oxygen atoms in total. The van der Waals surface area contributed by atoms with Crippen molar-refractivity contribution in [3.63, 3.8) is 0 Å². The molecule has 34 heavy (non-hydrogen) atoms. The normalized spacial score (nSPS) is 13.3. The van der Waals surface area contributed by atoms with Crippen LogP contribution in [0.1, 0.15) is 40.9 Å². The smallest absolute Gasteiger partial charge is 0.418 e. The van der Waals surface area contributed by atoms with E-state index in [1.54, 1.807) is 26.0 Å². The van der Waals surface area contributed by atoms with Crippen molar-refractivity contribution in [2.75, 3.05) is 18.1 Å². The van der Waals surface area contributed by atoms with Gasteiger partial charge in [0, 0.05) is 16.3 Å². The number of hydrogen-bond donors (Lipinski definition) is 1. The number of amides is 1.